The van der Waals surface area contributed by atoms with Crippen molar-refractivity contribution in [1.82, 2.24) is 20.0 Å². The van der Waals surface area contributed by atoms with Crippen LogP contribution in [0.3, 0.4) is 0 Å². The molecule has 0 radical (unpaired) electrons. The third-order valence-corrected chi connectivity index (χ3v) is 6.61. The summed E-state index contributed by atoms with van der Waals surface area (Å²) >= 11 is 13.0. The summed E-state index contributed by atoms with van der Waals surface area (Å²) in [5.74, 6) is 0.613. The summed E-state index contributed by atoms with van der Waals surface area (Å²) in [6.07, 6.45) is 4.93. The van der Waals surface area contributed by atoms with Crippen molar-refractivity contribution in [3.63, 3.8) is 0 Å². The predicted octanol–water partition coefficient (Wildman–Crippen LogP) is 5.26. The molecule has 1 aliphatic carbocycles. The molecule has 1 fully saturated rings. The Balaban J connectivity index is 1.76. The van der Waals surface area contributed by atoms with Gasteiger partial charge < -0.3 is 5.73 Å². The number of nitrogens with one attached hydrogen (secondary N) is 1. The number of benzene rings is 2. The molecule has 3 N–H and O–H groups in total. The Labute approximate surface area is 200 Å². The third kappa shape index (κ3) is 3.80. The van der Waals surface area contributed by atoms with Gasteiger partial charge in [0.2, 0.25) is 0 Å². The molecule has 2 heterocycles. The van der Waals surface area contributed by atoms with Crippen molar-refractivity contribution < 1.29 is 0 Å². The first kappa shape index (κ1) is 21.7. The molecule has 0 unspecified atom stereocenters. The molecule has 2 aromatic heterocycles. The van der Waals surface area contributed by atoms with E-state index >= 15 is 0 Å². The number of aromatic nitrogens is 4. The van der Waals surface area contributed by atoms with Crippen LogP contribution in [0.2, 0.25) is 10.0 Å². The second kappa shape index (κ2) is 8.31. The lowest BCUT2D eigenvalue weighted by atomic mass is 9.95. The number of aryl methyl sites for hydroxylation is 1. The molecule has 7 nitrogen and oxygen atoms in total. The molecule has 0 aliphatic heterocycles. The molecule has 0 saturated heterocycles. The molecule has 0 bridgehead atoms. The molecule has 0 atom stereocenters. The summed E-state index contributed by atoms with van der Waals surface area (Å²) in [7, 11) is 1.83. The van der Waals surface area contributed by atoms with Gasteiger partial charge in [-0.15, -0.1) is 0 Å². The maximum Gasteiger partial charge on any atom is 0.273 e. The maximum atomic E-state index is 12.4. The largest absolute Gasteiger partial charge is 0.325 e. The zero-order valence-corrected chi connectivity index (χ0v) is 19.3. The number of nitrogens with two attached hydrogens (primary N) is 1. The van der Waals surface area contributed by atoms with Gasteiger partial charge in [0, 0.05) is 35.1 Å². The van der Waals surface area contributed by atoms with Gasteiger partial charge in [0.15, 0.2) is 5.69 Å². The monoisotopic (exact) mass is 478 g/mol. The maximum absolute atomic E-state index is 12.4. The number of aromatic amines is 1. The summed E-state index contributed by atoms with van der Waals surface area (Å²) in [6.45, 7) is 8.04. The van der Waals surface area contributed by atoms with Gasteiger partial charge in [0.1, 0.15) is 0 Å². The fourth-order valence-corrected chi connectivity index (χ4v) is 4.88. The average Bonchev–Trinajstić information content (AvgIpc) is 3.51. The van der Waals surface area contributed by atoms with E-state index in [1.165, 1.54) is 12.8 Å². The van der Waals surface area contributed by atoms with Crippen LogP contribution in [0.1, 0.15) is 24.1 Å². The molecule has 9 heteroatoms. The van der Waals surface area contributed by atoms with Gasteiger partial charge in [-0.2, -0.15) is 10.2 Å². The topological polar surface area (TPSA) is 93.9 Å². The Hall–Kier alpha value is -3.18. The number of H-pyrrole nitrogens is 1. The van der Waals surface area contributed by atoms with Gasteiger partial charge in [-0.25, -0.2) is 9.94 Å². The highest BCUT2D eigenvalue weighted by Gasteiger charge is 2.26. The van der Waals surface area contributed by atoms with Gasteiger partial charge in [-0.05, 0) is 54.5 Å². The lowest BCUT2D eigenvalue weighted by molar-refractivity contribution is 0.775. The quantitative estimate of drug-likeness (QED) is 0.382. The molecule has 166 valence electrons. The van der Waals surface area contributed by atoms with Crippen molar-refractivity contribution in [2.75, 3.05) is 0 Å². The highest BCUT2D eigenvalue weighted by atomic mass is 35.5. The molecule has 2 aromatic carbocycles. The van der Waals surface area contributed by atoms with Gasteiger partial charge in [0.25, 0.3) is 5.56 Å². The third-order valence-electron chi connectivity index (χ3n) is 6.09. The van der Waals surface area contributed by atoms with Gasteiger partial charge >= 0.3 is 0 Å². The van der Waals surface area contributed by atoms with Crippen LogP contribution < -0.4 is 11.3 Å². The van der Waals surface area contributed by atoms with Crippen molar-refractivity contribution in [1.29, 1.82) is 0 Å². The predicted molar refractivity (Wildman–Crippen MR) is 131 cm³/mol. The average molecular weight is 479 g/mol. The Bertz CT molecular complexity index is 1510. The van der Waals surface area contributed by atoms with Crippen LogP contribution in [-0.4, -0.2) is 20.0 Å². The smallest absolute Gasteiger partial charge is 0.273 e. The summed E-state index contributed by atoms with van der Waals surface area (Å²) < 4.78 is 1.73. The number of rotatable bonds is 5. The van der Waals surface area contributed by atoms with Crippen LogP contribution in [0.4, 0.5) is 5.69 Å². The van der Waals surface area contributed by atoms with Crippen molar-refractivity contribution in [3.05, 3.63) is 73.5 Å². The van der Waals surface area contributed by atoms with Crippen LogP contribution in [0.25, 0.3) is 38.0 Å². The Morgan fingerprint density at radius 2 is 2.03 bits per heavy atom. The van der Waals surface area contributed by atoms with Gasteiger partial charge in [0.05, 0.1) is 34.6 Å². The summed E-state index contributed by atoms with van der Waals surface area (Å²) in [5.41, 5.74) is 10.6. The molecule has 1 saturated carbocycles. The normalized spacial score (nSPS) is 13.4. The van der Waals surface area contributed by atoms with E-state index in [-0.39, 0.29) is 12.1 Å². The van der Waals surface area contributed by atoms with E-state index in [2.05, 4.69) is 20.1 Å². The van der Waals surface area contributed by atoms with Crippen LogP contribution >= 0.6 is 23.2 Å². The molecule has 0 spiro atoms. The number of nitrogens with zero attached hydrogens (tertiary/aromatic N) is 4. The zero-order chi connectivity index (χ0) is 23.3. The second-order valence-corrected chi connectivity index (χ2v) is 9.18. The first-order valence-electron chi connectivity index (χ1n) is 10.5. The van der Waals surface area contributed by atoms with E-state index in [0.717, 1.165) is 34.4 Å². The second-order valence-electron chi connectivity index (χ2n) is 8.34. The van der Waals surface area contributed by atoms with Crippen molar-refractivity contribution in [2.24, 2.45) is 18.7 Å². The molecule has 5 rings (SSSR count). The molecule has 1 aliphatic rings. The minimum absolute atomic E-state index is 0.146. The minimum atomic E-state index is -0.375. The number of fused-ring (bicyclic) bond motifs is 1. The van der Waals surface area contributed by atoms with E-state index in [1.54, 1.807) is 16.9 Å². The SMILES string of the molecule is [C-]#[N+]c1c(CC2CC2)cc(Cl)cc1-c1c(-c2cc(Cl)c3c(=O)[nH]nc(CN)c3c2)cnn1C. The Morgan fingerprint density at radius 1 is 1.24 bits per heavy atom. The molecule has 4 aromatic rings. The number of hydrogen-bond acceptors (Lipinski definition) is 4. The van der Waals surface area contributed by atoms with Crippen molar-refractivity contribution >= 4 is 39.7 Å². The highest BCUT2D eigenvalue weighted by Crippen LogP contribution is 2.44. The molecular weight excluding hydrogens is 459 g/mol. The van der Waals surface area contributed by atoms with E-state index in [0.29, 0.717) is 38.1 Å². The van der Waals surface area contributed by atoms with E-state index in [9.17, 15) is 4.79 Å². The molecular formula is C24H20Cl2N6O. The first-order chi connectivity index (χ1) is 15.9. The Morgan fingerprint density at radius 3 is 2.73 bits per heavy atom. The number of halogens is 2. The highest BCUT2D eigenvalue weighted by molar-refractivity contribution is 6.36. The molecule has 0 amide bonds. The summed E-state index contributed by atoms with van der Waals surface area (Å²) in [4.78, 5) is 16.2. The molecule has 33 heavy (non-hydrogen) atoms. The fraction of sp³-hybridized carbons (Fsp3) is 0.250. The van der Waals surface area contributed by atoms with E-state index in [4.69, 9.17) is 35.5 Å². The summed E-state index contributed by atoms with van der Waals surface area (Å²) in [5, 5.41) is 12.8. The van der Waals surface area contributed by atoms with Crippen molar-refractivity contribution in [2.45, 2.75) is 25.8 Å². The van der Waals surface area contributed by atoms with Crippen LogP contribution in [0.5, 0.6) is 0 Å². The Kier molecular flexibility index (Phi) is 5.45. The summed E-state index contributed by atoms with van der Waals surface area (Å²) in [6, 6.07) is 7.28. The van der Waals surface area contributed by atoms with Gasteiger partial charge in [-0.3, -0.25) is 9.48 Å². The lowest BCUT2D eigenvalue weighted by Crippen LogP contribution is -2.13. The van der Waals surface area contributed by atoms with E-state index < -0.39 is 0 Å². The standard InChI is InChI=1S/C24H20Cl2N6O/c1-28-22-14(5-12-3-4-12)6-15(25)9-17(22)23-18(11-29-32(23)2)13-7-16-20(10-27)30-31-24(33)21(16)19(26)8-13/h6-9,11-12H,3-5,10,27H2,2H3,(H,31,33). The van der Waals surface area contributed by atoms with Crippen LogP contribution in [-0.2, 0) is 20.0 Å². The van der Waals surface area contributed by atoms with Crippen molar-refractivity contribution in [3.8, 4) is 22.4 Å². The number of hydrogen-bond donors (Lipinski definition) is 2. The van der Waals surface area contributed by atoms with E-state index in [1.807, 2.05) is 25.2 Å². The van der Waals surface area contributed by atoms with Crippen LogP contribution in [0, 0.1) is 12.5 Å². The fourth-order valence-electron chi connectivity index (χ4n) is 4.34. The lowest BCUT2D eigenvalue weighted by Gasteiger charge is -2.14. The minimum Gasteiger partial charge on any atom is -0.325 e. The zero-order valence-electron chi connectivity index (χ0n) is 17.8. The van der Waals surface area contributed by atoms with Crippen LogP contribution in [0.15, 0.2) is 35.3 Å². The first-order valence-corrected chi connectivity index (χ1v) is 11.3. The van der Waals surface area contributed by atoms with Gasteiger partial charge in [-0.1, -0.05) is 29.3 Å².